The van der Waals surface area contributed by atoms with Gasteiger partial charge >= 0.3 is 5.97 Å². The number of rotatable bonds is 7. The zero-order chi connectivity index (χ0) is 24.8. The third-order valence-corrected chi connectivity index (χ3v) is 6.35. The predicted octanol–water partition coefficient (Wildman–Crippen LogP) is 6.42. The second-order valence-electron chi connectivity index (χ2n) is 7.62. The lowest BCUT2D eigenvalue weighted by molar-refractivity contribution is -0.123. The van der Waals surface area contributed by atoms with Crippen LogP contribution in [-0.2, 0) is 4.79 Å². The van der Waals surface area contributed by atoms with Crippen molar-refractivity contribution >= 4 is 60.7 Å². The Bertz CT molecular complexity index is 1420. The summed E-state index contributed by atoms with van der Waals surface area (Å²) in [5, 5.41) is 6.05. The molecule has 0 aromatic heterocycles. The van der Waals surface area contributed by atoms with E-state index in [2.05, 4.69) is 42.4 Å². The molecule has 35 heavy (non-hydrogen) atoms. The van der Waals surface area contributed by atoms with Crippen molar-refractivity contribution in [3.8, 4) is 11.5 Å². The van der Waals surface area contributed by atoms with E-state index in [-0.39, 0.29) is 6.61 Å². The van der Waals surface area contributed by atoms with Crippen LogP contribution in [-0.4, -0.2) is 24.7 Å². The van der Waals surface area contributed by atoms with Crippen molar-refractivity contribution in [3.63, 3.8) is 0 Å². The number of nitrogens with one attached hydrogen (secondary N) is 1. The van der Waals surface area contributed by atoms with Crippen LogP contribution in [0.3, 0.4) is 0 Å². The smallest absolute Gasteiger partial charge is 0.343 e. The molecule has 0 atom stereocenters. The monoisotopic (exact) mass is 594 g/mol. The lowest BCUT2D eigenvalue weighted by Crippen LogP contribution is -2.24. The molecule has 0 fully saturated rings. The van der Waals surface area contributed by atoms with Gasteiger partial charge in [-0.3, -0.25) is 4.79 Å². The normalized spacial score (nSPS) is 10.9. The third kappa shape index (κ3) is 6.35. The van der Waals surface area contributed by atoms with Crippen LogP contribution in [0.25, 0.3) is 10.8 Å². The van der Waals surface area contributed by atoms with E-state index in [4.69, 9.17) is 9.47 Å². The number of amides is 1. The van der Waals surface area contributed by atoms with Gasteiger partial charge in [0.1, 0.15) is 11.5 Å². The molecule has 1 N–H and O–H groups in total. The molecule has 176 valence electrons. The number of hydrogen-bond donors (Lipinski definition) is 1. The van der Waals surface area contributed by atoms with Gasteiger partial charge < -0.3 is 9.47 Å². The van der Waals surface area contributed by atoms with E-state index in [9.17, 15) is 9.59 Å². The zero-order valence-corrected chi connectivity index (χ0v) is 21.8. The molecule has 6 nitrogen and oxygen atoms in total. The highest BCUT2D eigenvalue weighted by Crippen LogP contribution is 2.33. The van der Waals surface area contributed by atoms with Gasteiger partial charge in [0.05, 0.1) is 16.3 Å². The molecule has 0 bridgehead atoms. The molecule has 0 aliphatic carbocycles. The van der Waals surface area contributed by atoms with Crippen molar-refractivity contribution in [3.05, 3.63) is 104 Å². The molecule has 0 saturated heterocycles. The molecule has 0 aliphatic rings. The van der Waals surface area contributed by atoms with Crippen molar-refractivity contribution in [2.75, 3.05) is 6.61 Å². The molecule has 0 radical (unpaired) electrons. The number of aryl methyl sites for hydroxylation is 1. The highest BCUT2D eigenvalue weighted by molar-refractivity contribution is 9.11. The Kier molecular flexibility index (Phi) is 7.94. The van der Waals surface area contributed by atoms with Gasteiger partial charge in [-0.1, -0.05) is 64.0 Å². The number of nitrogens with zero attached hydrogens (tertiary/aromatic N) is 1. The third-order valence-electron chi connectivity index (χ3n) is 5.04. The predicted molar refractivity (Wildman–Crippen MR) is 143 cm³/mol. The molecule has 0 heterocycles. The second kappa shape index (κ2) is 11.3. The van der Waals surface area contributed by atoms with Crippen molar-refractivity contribution in [2.24, 2.45) is 5.10 Å². The Hall–Kier alpha value is -3.49. The van der Waals surface area contributed by atoms with Crippen molar-refractivity contribution in [1.82, 2.24) is 5.43 Å². The summed E-state index contributed by atoms with van der Waals surface area (Å²) in [5.74, 6) is -0.0527. The largest absolute Gasteiger partial charge is 0.483 e. The first-order valence-electron chi connectivity index (χ1n) is 10.6. The molecule has 4 rings (SSSR count). The van der Waals surface area contributed by atoms with Crippen molar-refractivity contribution in [1.29, 1.82) is 0 Å². The Balaban J connectivity index is 1.38. The van der Waals surface area contributed by atoms with Gasteiger partial charge in [-0.05, 0) is 70.0 Å². The minimum Gasteiger partial charge on any atom is -0.483 e. The maximum absolute atomic E-state index is 12.5. The van der Waals surface area contributed by atoms with Crippen LogP contribution >= 0.6 is 31.9 Å². The van der Waals surface area contributed by atoms with Gasteiger partial charge in [0, 0.05) is 10.0 Å². The number of fused-ring (bicyclic) bond motifs is 1. The number of benzene rings is 4. The molecular formula is C27H20Br2N2O4. The molecular weight excluding hydrogens is 576 g/mol. The maximum atomic E-state index is 12.5. The number of hydrazone groups is 1. The fourth-order valence-electron chi connectivity index (χ4n) is 3.24. The maximum Gasteiger partial charge on any atom is 0.343 e. The molecule has 1 amide bonds. The van der Waals surface area contributed by atoms with Crippen LogP contribution in [0.1, 0.15) is 21.5 Å². The number of ether oxygens (including phenoxy) is 2. The Morgan fingerprint density at radius 2 is 1.69 bits per heavy atom. The molecule has 0 saturated carbocycles. The van der Waals surface area contributed by atoms with Gasteiger partial charge in [-0.2, -0.15) is 5.10 Å². The van der Waals surface area contributed by atoms with Crippen LogP contribution in [0.15, 0.2) is 92.9 Å². The van der Waals surface area contributed by atoms with E-state index in [1.807, 2.05) is 49.4 Å². The Morgan fingerprint density at radius 3 is 2.49 bits per heavy atom. The number of carbonyl (C=O) groups is 2. The number of esters is 1. The lowest BCUT2D eigenvalue weighted by atomic mass is 10.1. The van der Waals surface area contributed by atoms with Crippen molar-refractivity contribution in [2.45, 2.75) is 6.92 Å². The average molecular weight is 596 g/mol. The molecule has 0 unspecified atom stereocenters. The van der Waals surface area contributed by atoms with Crippen molar-refractivity contribution < 1.29 is 19.1 Å². The van der Waals surface area contributed by atoms with Gasteiger partial charge in [-0.15, -0.1) is 0 Å². The highest BCUT2D eigenvalue weighted by Gasteiger charge is 2.12. The van der Waals surface area contributed by atoms with E-state index in [1.165, 1.54) is 6.21 Å². The van der Waals surface area contributed by atoms with Crippen LogP contribution in [0.2, 0.25) is 0 Å². The SMILES string of the molecule is Cc1ccc(C(=O)Oc2ccc(Br)cc2/C=N\NC(=O)COc2ccc3ccccc3c2Br)cc1. The number of hydrogen-bond acceptors (Lipinski definition) is 5. The minimum absolute atomic E-state index is 0.220. The van der Waals surface area contributed by atoms with Crippen LogP contribution < -0.4 is 14.9 Å². The Morgan fingerprint density at radius 1 is 0.943 bits per heavy atom. The fraction of sp³-hybridized carbons (Fsp3) is 0.0741. The summed E-state index contributed by atoms with van der Waals surface area (Å²) in [6, 6.07) is 23.8. The van der Waals surface area contributed by atoms with Gasteiger partial charge in [0.2, 0.25) is 0 Å². The molecule has 8 heteroatoms. The number of halogens is 2. The summed E-state index contributed by atoms with van der Waals surface area (Å²) in [6.07, 6.45) is 1.41. The summed E-state index contributed by atoms with van der Waals surface area (Å²) in [4.78, 5) is 24.8. The highest BCUT2D eigenvalue weighted by atomic mass is 79.9. The standard InChI is InChI=1S/C27H20Br2N2O4/c1-17-6-8-19(9-7-17)27(33)35-23-13-11-21(28)14-20(23)15-30-31-25(32)16-34-24-12-10-18-4-2-3-5-22(18)26(24)29/h2-15H,16H2,1H3,(H,31,32)/b30-15-. The quantitative estimate of drug-likeness (QED) is 0.116. The van der Waals surface area contributed by atoms with Crippen LogP contribution in [0.5, 0.6) is 11.5 Å². The Labute approximate surface area is 219 Å². The lowest BCUT2D eigenvalue weighted by Gasteiger charge is -2.10. The van der Waals surface area contributed by atoms with Crippen LogP contribution in [0.4, 0.5) is 0 Å². The topological polar surface area (TPSA) is 77.0 Å². The summed E-state index contributed by atoms with van der Waals surface area (Å²) in [6.45, 7) is 1.72. The van der Waals surface area contributed by atoms with E-state index in [0.717, 1.165) is 25.3 Å². The van der Waals surface area contributed by atoms with E-state index < -0.39 is 11.9 Å². The van der Waals surface area contributed by atoms with Gasteiger partial charge in [-0.25, -0.2) is 10.2 Å². The molecule has 4 aromatic carbocycles. The van der Waals surface area contributed by atoms with Gasteiger partial charge in [0.25, 0.3) is 5.91 Å². The summed E-state index contributed by atoms with van der Waals surface area (Å²) < 4.78 is 12.7. The second-order valence-corrected chi connectivity index (χ2v) is 9.33. The van der Waals surface area contributed by atoms with E-state index >= 15 is 0 Å². The number of carbonyl (C=O) groups excluding carboxylic acids is 2. The summed E-state index contributed by atoms with van der Waals surface area (Å²) in [7, 11) is 0. The van der Waals surface area contributed by atoms with E-state index in [0.29, 0.717) is 22.6 Å². The molecule has 0 aliphatic heterocycles. The molecule has 0 spiro atoms. The first-order chi connectivity index (χ1) is 16.9. The summed E-state index contributed by atoms with van der Waals surface area (Å²) >= 11 is 6.93. The zero-order valence-electron chi connectivity index (χ0n) is 18.6. The van der Waals surface area contributed by atoms with Crippen LogP contribution in [0, 0.1) is 6.92 Å². The first kappa shape index (κ1) is 24.6. The first-order valence-corrected chi connectivity index (χ1v) is 12.2. The summed E-state index contributed by atoms with van der Waals surface area (Å²) in [5.41, 5.74) is 4.43. The fourth-order valence-corrected chi connectivity index (χ4v) is 4.22. The minimum atomic E-state index is -0.486. The van der Waals surface area contributed by atoms with E-state index in [1.54, 1.807) is 36.4 Å². The molecule has 4 aromatic rings. The van der Waals surface area contributed by atoms with Gasteiger partial charge in [0.15, 0.2) is 6.61 Å². The average Bonchev–Trinajstić information content (AvgIpc) is 2.85.